The van der Waals surface area contributed by atoms with Crippen molar-refractivity contribution in [3.8, 4) is 0 Å². The average Bonchev–Trinajstić information content (AvgIpc) is 2.95. The van der Waals surface area contributed by atoms with Crippen LogP contribution in [0.15, 0.2) is 41.5 Å². The number of fused-ring (bicyclic) bond motifs is 5. The molecule has 1 aromatic carbocycles. The third-order valence-electron chi connectivity index (χ3n) is 8.93. The van der Waals surface area contributed by atoms with Gasteiger partial charge >= 0.3 is 0 Å². The molecule has 3 heteroatoms. The van der Waals surface area contributed by atoms with Gasteiger partial charge in [0.05, 0.1) is 6.10 Å². The van der Waals surface area contributed by atoms with Crippen LogP contribution in [0.25, 0.3) is 6.08 Å². The molecule has 4 aliphatic rings. The molecule has 5 rings (SSSR count). The van der Waals surface area contributed by atoms with Crippen molar-refractivity contribution in [2.75, 3.05) is 0 Å². The van der Waals surface area contributed by atoms with Gasteiger partial charge in [0.1, 0.15) is 0 Å². The van der Waals surface area contributed by atoms with Crippen LogP contribution in [0.4, 0.5) is 0 Å². The van der Waals surface area contributed by atoms with Gasteiger partial charge in [-0.2, -0.15) is 0 Å². The Morgan fingerprint density at radius 1 is 1.03 bits per heavy atom. The SMILES string of the molecule is C[C@]12CCC(O)CC1=CC[C@@H]1[C@@H]2CC[C@]2(C)C(=O)/C(=C/c3ccc(Cl)cc3)C[C@@H]12. The summed E-state index contributed by atoms with van der Waals surface area (Å²) < 4.78 is 0. The fourth-order valence-corrected chi connectivity index (χ4v) is 7.33. The predicted octanol–water partition coefficient (Wildman–Crippen LogP) is 6.23. The van der Waals surface area contributed by atoms with Crippen LogP contribution in [-0.2, 0) is 4.79 Å². The Kier molecular flexibility index (Phi) is 4.60. The molecule has 0 amide bonds. The first-order valence-corrected chi connectivity index (χ1v) is 11.6. The normalized spacial score (nSPS) is 42.8. The van der Waals surface area contributed by atoms with E-state index in [9.17, 15) is 9.90 Å². The van der Waals surface area contributed by atoms with E-state index in [1.54, 1.807) is 0 Å². The summed E-state index contributed by atoms with van der Waals surface area (Å²) in [6, 6.07) is 7.79. The number of hydrogen-bond donors (Lipinski definition) is 1. The van der Waals surface area contributed by atoms with Crippen molar-refractivity contribution in [1.29, 1.82) is 0 Å². The molecule has 0 saturated heterocycles. The van der Waals surface area contributed by atoms with Gasteiger partial charge in [-0.15, -0.1) is 0 Å². The zero-order chi connectivity index (χ0) is 20.4. The Morgan fingerprint density at radius 3 is 2.52 bits per heavy atom. The molecule has 29 heavy (non-hydrogen) atoms. The van der Waals surface area contributed by atoms with Crippen LogP contribution < -0.4 is 0 Å². The van der Waals surface area contributed by atoms with Crippen molar-refractivity contribution in [3.05, 3.63) is 52.1 Å². The van der Waals surface area contributed by atoms with Crippen LogP contribution in [0.2, 0.25) is 5.02 Å². The maximum Gasteiger partial charge on any atom is 0.165 e. The first-order chi connectivity index (χ1) is 13.8. The van der Waals surface area contributed by atoms with Gasteiger partial charge in [0.15, 0.2) is 5.78 Å². The lowest BCUT2D eigenvalue weighted by Crippen LogP contribution is -2.50. The topological polar surface area (TPSA) is 37.3 Å². The van der Waals surface area contributed by atoms with Crippen molar-refractivity contribution in [1.82, 2.24) is 0 Å². The number of carbonyl (C=O) groups is 1. The Hall–Kier alpha value is -1.38. The Balaban J connectivity index is 1.47. The van der Waals surface area contributed by atoms with Crippen LogP contribution >= 0.6 is 11.6 Å². The first-order valence-electron chi connectivity index (χ1n) is 11.2. The lowest BCUT2D eigenvalue weighted by Gasteiger charge is -2.56. The van der Waals surface area contributed by atoms with E-state index in [2.05, 4.69) is 26.0 Å². The van der Waals surface area contributed by atoms with Crippen molar-refractivity contribution in [2.24, 2.45) is 28.6 Å². The third-order valence-corrected chi connectivity index (χ3v) is 9.18. The number of allylic oxidation sites excluding steroid dienone is 2. The summed E-state index contributed by atoms with van der Waals surface area (Å²) >= 11 is 6.02. The molecule has 0 heterocycles. The summed E-state index contributed by atoms with van der Waals surface area (Å²) in [7, 11) is 0. The Bertz CT molecular complexity index is 898. The number of halogens is 1. The fourth-order valence-electron chi connectivity index (χ4n) is 7.20. The lowest BCUT2D eigenvalue weighted by atomic mass is 9.48. The summed E-state index contributed by atoms with van der Waals surface area (Å²) in [4.78, 5) is 13.5. The van der Waals surface area contributed by atoms with Crippen LogP contribution in [0.1, 0.15) is 64.4 Å². The largest absolute Gasteiger partial charge is 0.393 e. The van der Waals surface area contributed by atoms with Crippen LogP contribution in [0.5, 0.6) is 0 Å². The van der Waals surface area contributed by atoms with Crippen molar-refractivity contribution >= 4 is 23.5 Å². The van der Waals surface area contributed by atoms with E-state index in [4.69, 9.17) is 11.6 Å². The Morgan fingerprint density at radius 2 is 1.76 bits per heavy atom. The van der Waals surface area contributed by atoms with E-state index in [0.717, 1.165) is 61.1 Å². The molecule has 4 aliphatic carbocycles. The van der Waals surface area contributed by atoms with Crippen LogP contribution in [0.3, 0.4) is 0 Å². The molecule has 1 aromatic rings. The molecule has 1 N–H and O–H groups in total. The highest BCUT2D eigenvalue weighted by atomic mass is 35.5. The number of aliphatic hydroxyl groups excluding tert-OH is 1. The standard InChI is InChI=1S/C26H31ClO2/c1-25-11-9-20(28)15-18(25)5-8-21-22(25)10-12-26(2)23(21)14-17(24(26)29)13-16-3-6-19(27)7-4-16/h3-7,13,20-23,28H,8-12,14-15H2,1-2H3/b17-13+/t20?,21-,22+,23+,25+,26+/m1/s1. The molecule has 0 radical (unpaired) electrons. The van der Waals surface area contributed by atoms with Gasteiger partial charge in [0.2, 0.25) is 0 Å². The van der Waals surface area contributed by atoms with E-state index in [1.807, 2.05) is 24.3 Å². The smallest absolute Gasteiger partial charge is 0.165 e. The molecule has 3 saturated carbocycles. The van der Waals surface area contributed by atoms with Crippen molar-refractivity contribution in [3.63, 3.8) is 0 Å². The second-order valence-electron chi connectivity index (χ2n) is 10.4. The maximum atomic E-state index is 13.5. The summed E-state index contributed by atoms with van der Waals surface area (Å²) in [5.41, 5.74) is 3.56. The van der Waals surface area contributed by atoms with E-state index in [-0.39, 0.29) is 16.9 Å². The minimum atomic E-state index is -0.213. The summed E-state index contributed by atoms with van der Waals surface area (Å²) in [5.74, 6) is 2.04. The third kappa shape index (κ3) is 2.98. The van der Waals surface area contributed by atoms with Gasteiger partial charge < -0.3 is 5.11 Å². The molecule has 0 bridgehead atoms. The fraction of sp³-hybridized carbons (Fsp3) is 0.577. The first kappa shape index (κ1) is 19.6. The van der Waals surface area contributed by atoms with E-state index >= 15 is 0 Å². The average molecular weight is 411 g/mol. The number of rotatable bonds is 1. The molecule has 154 valence electrons. The number of carbonyl (C=O) groups excluding carboxylic acids is 1. The molecule has 3 fully saturated rings. The highest BCUT2D eigenvalue weighted by Crippen LogP contribution is 2.64. The number of hydrogen-bond acceptors (Lipinski definition) is 2. The highest BCUT2D eigenvalue weighted by Gasteiger charge is 2.59. The molecule has 0 aromatic heterocycles. The minimum absolute atomic E-state index is 0.165. The van der Waals surface area contributed by atoms with Crippen molar-refractivity contribution < 1.29 is 9.90 Å². The van der Waals surface area contributed by atoms with E-state index in [0.29, 0.717) is 23.5 Å². The number of aliphatic hydroxyl groups is 1. The van der Waals surface area contributed by atoms with Crippen LogP contribution in [-0.4, -0.2) is 17.0 Å². The number of ketones is 1. The summed E-state index contributed by atoms with van der Waals surface area (Å²) in [6.45, 7) is 4.66. The van der Waals surface area contributed by atoms with Gasteiger partial charge in [-0.3, -0.25) is 4.79 Å². The zero-order valence-corrected chi connectivity index (χ0v) is 18.2. The highest BCUT2D eigenvalue weighted by molar-refractivity contribution is 6.30. The van der Waals surface area contributed by atoms with Gasteiger partial charge in [0.25, 0.3) is 0 Å². The molecule has 1 unspecified atom stereocenters. The van der Waals surface area contributed by atoms with E-state index < -0.39 is 0 Å². The molecule has 0 aliphatic heterocycles. The van der Waals surface area contributed by atoms with Crippen LogP contribution in [0, 0.1) is 28.6 Å². The molecule has 2 nitrogen and oxygen atoms in total. The lowest BCUT2D eigenvalue weighted by molar-refractivity contribution is -0.130. The number of benzene rings is 1. The second-order valence-corrected chi connectivity index (χ2v) is 10.8. The van der Waals surface area contributed by atoms with Gasteiger partial charge in [0, 0.05) is 10.4 Å². The molecule has 0 spiro atoms. The summed E-state index contributed by atoms with van der Waals surface area (Å²) in [6.07, 6.45) is 11.3. The van der Waals surface area contributed by atoms with Crippen molar-refractivity contribution in [2.45, 2.75) is 64.9 Å². The molecular weight excluding hydrogens is 380 g/mol. The predicted molar refractivity (Wildman–Crippen MR) is 118 cm³/mol. The Labute approximate surface area is 179 Å². The monoisotopic (exact) mass is 410 g/mol. The van der Waals surface area contributed by atoms with Gasteiger partial charge in [-0.05, 0) is 97.5 Å². The van der Waals surface area contributed by atoms with Gasteiger partial charge in [-0.1, -0.05) is 49.2 Å². The zero-order valence-electron chi connectivity index (χ0n) is 17.5. The van der Waals surface area contributed by atoms with Gasteiger partial charge in [-0.25, -0.2) is 0 Å². The maximum absolute atomic E-state index is 13.5. The van der Waals surface area contributed by atoms with E-state index in [1.165, 1.54) is 5.57 Å². The quantitative estimate of drug-likeness (QED) is 0.440. The molecular formula is C26H31ClO2. The molecule has 6 atom stereocenters. The number of Topliss-reactive ketones (excluding diaryl/α,β-unsaturated/α-hetero) is 1. The second kappa shape index (κ2) is 6.82. The minimum Gasteiger partial charge on any atom is -0.393 e. The summed E-state index contributed by atoms with van der Waals surface area (Å²) in [5, 5.41) is 10.9.